The quantitative estimate of drug-likeness (QED) is 0.873. The van der Waals surface area contributed by atoms with E-state index in [-0.39, 0.29) is 0 Å². The van der Waals surface area contributed by atoms with Crippen LogP contribution in [0.1, 0.15) is 36.6 Å². The lowest BCUT2D eigenvalue weighted by Gasteiger charge is -2.29. The van der Waals surface area contributed by atoms with Crippen molar-refractivity contribution in [2.45, 2.75) is 33.7 Å². The van der Waals surface area contributed by atoms with Crippen LogP contribution in [0.2, 0.25) is 0 Å². The Morgan fingerprint density at radius 1 is 1.24 bits per heavy atom. The van der Waals surface area contributed by atoms with Crippen LogP contribution in [0.3, 0.4) is 0 Å². The minimum absolute atomic E-state index is 0.292. The van der Waals surface area contributed by atoms with E-state index in [0.29, 0.717) is 12.0 Å². The van der Waals surface area contributed by atoms with Gasteiger partial charge in [0.2, 0.25) is 0 Å². The lowest BCUT2D eigenvalue weighted by atomic mass is 10.0. The number of hydrogen-bond donors (Lipinski definition) is 1. The monoisotopic (exact) mass is 288 g/mol. The van der Waals surface area contributed by atoms with E-state index < -0.39 is 0 Å². The first-order valence-electron chi connectivity index (χ1n) is 7.92. The van der Waals surface area contributed by atoms with Gasteiger partial charge in [0.25, 0.3) is 0 Å². The third-order valence-corrected chi connectivity index (χ3v) is 4.56. The van der Waals surface area contributed by atoms with E-state index in [1.807, 2.05) is 0 Å². The Balaban J connectivity index is 2.10. The molecule has 0 aromatic heterocycles. The summed E-state index contributed by atoms with van der Waals surface area (Å²) in [6.45, 7) is 13.6. The second-order valence-electron chi connectivity index (χ2n) is 5.78. The molecule has 0 fully saturated rings. The fourth-order valence-electron chi connectivity index (χ4n) is 2.85. The average molecular weight is 288 g/mol. The van der Waals surface area contributed by atoms with Gasteiger partial charge in [0.1, 0.15) is 0 Å². The molecule has 0 aliphatic carbocycles. The molecule has 21 heavy (non-hydrogen) atoms. The molecular formula is C17H28N4. The van der Waals surface area contributed by atoms with Crippen LogP contribution >= 0.6 is 0 Å². The molecule has 0 spiro atoms. The molecule has 1 unspecified atom stereocenters. The van der Waals surface area contributed by atoms with Crippen LogP contribution in [0, 0.1) is 13.8 Å². The van der Waals surface area contributed by atoms with Crippen molar-refractivity contribution in [3.8, 4) is 0 Å². The number of nitrogens with zero attached hydrogens (tertiary/aromatic N) is 3. The number of guanidine groups is 1. The first-order chi connectivity index (χ1) is 10.1. The van der Waals surface area contributed by atoms with Gasteiger partial charge in [-0.1, -0.05) is 32.0 Å². The Bertz CT molecular complexity index is 506. The molecule has 0 amide bonds. The summed E-state index contributed by atoms with van der Waals surface area (Å²) in [5.41, 5.74) is 10.1. The summed E-state index contributed by atoms with van der Waals surface area (Å²) in [5.74, 6) is 0.686. The maximum atomic E-state index is 6.10. The van der Waals surface area contributed by atoms with Crippen molar-refractivity contribution in [1.29, 1.82) is 0 Å². The van der Waals surface area contributed by atoms with Crippen LogP contribution in [-0.4, -0.2) is 48.5 Å². The van der Waals surface area contributed by atoms with Gasteiger partial charge in [0, 0.05) is 13.1 Å². The summed E-state index contributed by atoms with van der Waals surface area (Å²) in [6, 6.07) is 6.98. The van der Waals surface area contributed by atoms with Gasteiger partial charge < -0.3 is 15.5 Å². The standard InChI is InChI=1S/C17H28N4/c1-5-20(6-2)9-10-21-16(12-19-17(21)18)15-8-7-13(3)14(4)11-15/h7-8,11,16H,5-6,9-10,12H2,1-4H3,(H2,18,19). The summed E-state index contributed by atoms with van der Waals surface area (Å²) < 4.78 is 0. The number of benzene rings is 1. The largest absolute Gasteiger partial charge is 0.370 e. The molecular weight excluding hydrogens is 260 g/mol. The molecule has 1 aromatic carbocycles. The van der Waals surface area contributed by atoms with Gasteiger partial charge in [-0.15, -0.1) is 0 Å². The van der Waals surface area contributed by atoms with Crippen LogP contribution in [0.25, 0.3) is 0 Å². The van der Waals surface area contributed by atoms with Gasteiger partial charge in [0.15, 0.2) is 5.96 Å². The first kappa shape index (κ1) is 15.8. The van der Waals surface area contributed by atoms with E-state index in [9.17, 15) is 0 Å². The van der Waals surface area contributed by atoms with Gasteiger partial charge in [0.05, 0.1) is 12.6 Å². The van der Waals surface area contributed by atoms with Gasteiger partial charge in [-0.3, -0.25) is 4.99 Å². The number of aryl methyl sites for hydroxylation is 2. The number of rotatable bonds is 6. The summed E-state index contributed by atoms with van der Waals surface area (Å²) in [6.07, 6.45) is 0. The zero-order valence-electron chi connectivity index (χ0n) is 13.8. The number of nitrogens with two attached hydrogens (primary N) is 1. The van der Waals surface area contributed by atoms with E-state index in [2.05, 4.69) is 60.7 Å². The Kier molecular flexibility index (Phi) is 5.23. The van der Waals surface area contributed by atoms with Gasteiger partial charge in [-0.2, -0.15) is 0 Å². The van der Waals surface area contributed by atoms with Gasteiger partial charge >= 0.3 is 0 Å². The Morgan fingerprint density at radius 3 is 2.57 bits per heavy atom. The van der Waals surface area contributed by atoms with Gasteiger partial charge in [-0.25, -0.2) is 0 Å². The van der Waals surface area contributed by atoms with Crippen molar-refractivity contribution in [3.63, 3.8) is 0 Å². The molecule has 1 aromatic rings. The highest BCUT2D eigenvalue weighted by Gasteiger charge is 2.27. The zero-order chi connectivity index (χ0) is 15.4. The second-order valence-corrected chi connectivity index (χ2v) is 5.78. The molecule has 4 heteroatoms. The molecule has 2 rings (SSSR count). The minimum Gasteiger partial charge on any atom is -0.370 e. The molecule has 0 radical (unpaired) electrons. The van der Waals surface area contributed by atoms with Crippen LogP contribution in [-0.2, 0) is 0 Å². The molecule has 4 nitrogen and oxygen atoms in total. The average Bonchev–Trinajstić information content (AvgIpc) is 2.84. The van der Waals surface area contributed by atoms with Crippen molar-refractivity contribution < 1.29 is 0 Å². The fraction of sp³-hybridized carbons (Fsp3) is 0.588. The van der Waals surface area contributed by atoms with E-state index in [4.69, 9.17) is 5.73 Å². The number of aliphatic imine (C=N–C) groups is 1. The van der Waals surface area contributed by atoms with Crippen LogP contribution < -0.4 is 5.73 Å². The predicted octanol–water partition coefficient (Wildman–Crippen LogP) is 2.32. The van der Waals surface area contributed by atoms with Crippen LogP contribution in [0.4, 0.5) is 0 Å². The lowest BCUT2D eigenvalue weighted by Crippen LogP contribution is -2.41. The second kappa shape index (κ2) is 6.94. The lowest BCUT2D eigenvalue weighted by molar-refractivity contribution is 0.248. The summed E-state index contributed by atoms with van der Waals surface area (Å²) in [5, 5.41) is 0. The zero-order valence-corrected chi connectivity index (χ0v) is 13.8. The maximum absolute atomic E-state index is 6.10. The van der Waals surface area contributed by atoms with Crippen molar-refractivity contribution in [2.24, 2.45) is 10.7 Å². The molecule has 1 heterocycles. The smallest absolute Gasteiger partial charge is 0.191 e. The summed E-state index contributed by atoms with van der Waals surface area (Å²) in [4.78, 5) is 9.13. The van der Waals surface area contributed by atoms with Crippen LogP contribution in [0.15, 0.2) is 23.2 Å². The molecule has 0 saturated heterocycles. The normalized spacial score (nSPS) is 18.4. The minimum atomic E-state index is 0.292. The van der Waals surface area contributed by atoms with Crippen molar-refractivity contribution in [3.05, 3.63) is 34.9 Å². The fourth-order valence-corrected chi connectivity index (χ4v) is 2.85. The van der Waals surface area contributed by atoms with Crippen molar-refractivity contribution >= 4 is 5.96 Å². The van der Waals surface area contributed by atoms with Gasteiger partial charge in [-0.05, 0) is 43.6 Å². The topological polar surface area (TPSA) is 44.9 Å². The molecule has 0 saturated carbocycles. The molecule has 1 aliphatic rings. The molecule has 1 atom stereocenters. The van der Waals surface area contributed by atoms with Crippen molar-refractivity contribution in [1.82, 2.24) is 9.80 Å². The number of hydrogen-bond acceptors (Lipinski definition) is 4. The van der Waals surface area contributed by atoms with Crippen molar-refractivity contribution in [2.75, 3.05) is 32.7 Å². The van der Waals surface area contributed by atoms with E-state index >= 15 is 0 Å². The Morgan fingerprint density at radius 2 is 1.95 bits per heavy atom. The highest BCUT2D eigenvalue weighted by Crippen LogP contribution is 2.26. The summed E-state index contributed by atoms with van der Waals surface area (Å²) >= 11 is 0. The third kappa shape index (κ3) is 3.56. The summed E-state index contributed by atoms with van der Waals surface area (Å²) in [7, 11) is 0. The predicted molar refractivity (Wildman–Crippen MR) is 89.6 cm³/mol. The Labute approximate surface area is 128 Å². The highest BCUT2D eigenvalue weighted by atomic mass is 15.3. The SMILES string of the molecule is CCN(CC)CCN1C(N)=NCC1c1ccc(C)c(C)c1. The molecule has 1 aliphatic heterocycles. The molecule has 0 bridgehead atoms. The maximum Gasteiger partial charge on any atom is 0.191 e. The molecule has 2 N–H and O–H groups in total. The third-order valence-electron chi connectivity index (χ3n) is 4.56. The molecule has 116 valence electrons. The number of likely N-dealkylation sites (N-methyl/N-ethyl adjacent to an activating group) is 1. The highest BCUT2D eigenvalue weighted by molar-refractivity contribution is 5.80. The van der Waals surface area contributed by atoms with E-state index in [0.717, 1.165) is 32.7 Å². The Hall–Kier alpha value is -1.55. The van der Waals surface area contributed by atoms with E-state index in [1.165, 1.54) is 16.7 Å². The first-order valence-corrected chi connectivity index (χ1v) is 7.92. The van der Waals surface area contributed by atoms with E-state index in [1.54, 1.807) is 0 Å². The van der Waals surface area contributed by atoms with Crippen LogP contribution in [0.5, 0.6) is 0 Å².